The summed E-state index contributed by atoms with van der Waals surface area (Å²) in [6.45, 7) is 6.77. The van der Waals surface area contributed by atoms with E-state index in [4.69, 9.17) is 9.47 Å². The van der Waals surface area contributed by atoms with Crippen molar-refractivity contribution in [3.63, 3.8) is 0 Å². The molecule has 2 heterocycles. The summed E-state index contributed by atoms with van der Waals surface area (Å²) < 4.78 is 12.1. The highest BCUT2D eigenvalue weighted by molar-refractivity contribution is 5.95. The average Bonchev–Trinajstić information content (AvgIpc) is 3.17. The number of hydrogen-bond acceptors (Lipinski definition) is 5. The Hall–Kier alpha value is -2.57. The van der Waals surface area contributed by atoms with Gasteiger partial charge in [0.15, 0.2) is 0 Å². The van der Waals surface area contributed by atoms with Gasteiger partial charge in [-0.15, -0.1) is 0 Å². The number of rotatable bonds is 2. The molecule has 3 rings (SSSR count). The fourth-order valence-electron chi connectivity index (χ4n) is 3.31. The van der Waals surface area contributed by atoms with Crippen LogP contribution in [-0.2, 0) is 16.5 Å². The number of ether oxygens (including phenoxy) is 2. The quantitative estimate of drug-likeness (QED) is 0.771. The molecular formula is C19H25N3O4. The molecule has 0 aliphatic carbocycles. The first-order valence-electron chi connectivity index (χ1n) is 8.72. The molecule has 0 bridgehead atoms. The van der Waals surface area contributed by atoms with Gasteiger partial charge in [-0.05, 0) is 45.4 Å². The highest BCUT2D eigenvalue weighted by atomic mass is 16.6. The Morgan fingerprint density at radius 3 is 2.65 bits per heavy atom. The number of aromatic nitrogens is 2. The minimum absolute atomic E-state index is 0.110. The van der Waals surface area contributed by atoms with Gasteiger partial charge in [-0.3, -0.25) is 4.68 Å². The van der Waals surface area contributed by atoms with Crippen LogP contribution in [0.3, 0.4) is 0 Å². The number of benzene rings is 1. The third-order valence-corrected chi connectivity index (χ3v) is 4.53. The number of fused-ring (bicyclic) bond motifs is 1. The Morgan fingerprint density at radius 2 is 2.00 bits per heavy atom. The van der Waals surface area contributed by atoms with E-state index in [2.05, 4.69) is 5.10 Å². The number of carbonyl (C=O) groups is 2. The molecule has 1 aliphatic rings. The van der Waals surface area contributed by atoms with E-state index in [0.29, 0.717) is 18.7 Å². The number of aryl methyl sites for hydroxylation is 1. The molecule has 0 N–H and O–H groups in total. The fourth-order valence-corrected chi connectivity index (χ4v) is 3.31. The minimum Gasteiger partial charge on any atom is -0.465 e. The van der Waals surface area contributed by atoms with Crippen LogP contribution >= 0.6 is 0 Å². The van der Waals surface area contributed by atoms with Gasteiger partial charge in [0.25, 0.3) is 0 Å². The molecule has 1 aromatic carbocycles. The maximum Gasteiger partial charge on any atom is 0.410 e. The molecule has 1 unspecified atom stereocenters. The number of esters is 1. The van der Waals surface area contributed by atoms with Crippen LogP contribution in [0.1, 0.15) is 49.2 Å². The zero-order valence-electron chi connectivity index (χ0n) is 15.9. The zero-order chi connectivity index (χ0) is 19.1. The van der Waals surface area contributed by atoms with Crippen LogP contribution in [0.4, 0.5) is 4.79 Å². The van der Waals surface area contributed by atoms with Crippen LogP contribution in [-0.4, -0.2) is 52.5 Å². The molecule has 1 saturated heterocycles. The molecule has 1 fully saturated rings. The SMILES string of the molecule is COC(=O)c1ccc2c(c1)c(C1CCN(C(=O)OC(C)(C)C)C1)nn2C. The number of amides is 1. The lowest BCUT2D eigenvalue weighted by molar-refractivity contribution is 0.0292. The van der Waals surface area contributed by atoms with Crippen molar-refractivity contribution in [2.24, 2.45) is 7.05 Å². The Balaban J connectivity index is 1.87. The molecule has 2 aromatic rings. The normalized spacial score (nSPS) is 17.6. The summed E-state index contributed by atoms with van der Waals surface area (Å²) in [4.78, 5) is 25.9. The molecule has 1 amide bonds. The second-order valence-corrected chi connectivity index (χ2v) is 7.64. The first-order chi connectivity index (χ1) is 12.2. The van der Waals surface area contributed by atoms with Crippen LogP contribution in [0, 0.1) is 0 Å². The van der Waals surface area contributed by atoms with Gasteiger partial charge in [0.1, 0.15) is 5.60 Å². The molecule has 0 saturated carbocycles. The standard InChI is InChI=1S/C19H25N3O4/c1-19(2,3)26-18(24)22-9-8-13(11-22)16-14-10-12(17(23)25-5)6-7-15(14)21(4)20-16/h6-7,10,13H,8-9,11H2,1-5H3. The van der Waals surface area contributed by atoms with E-state index in [9.17, 15) is 9.59 Å². The van der Waals surface area contributed by atoms with Gasteiger partial charge < -0.3 is 14.4 Å². The summed E-state index contributed by atoms with van der Waals surface area (Å²) >= 11 is 0. The zero-order valence-corrected chi connectivity index (χ0v) is 15.9. The highest BCUT2D eigenvalue weighted by Crippen LogP contribution is 2.33. The van der Waals surface area contributed by atoms with Gasteiger partial charge in [-0.1, -0.05) is 0 Å². The van der Waals surface area contributed by atoms with Crippen molar-refractivity contribution in [3.8, 4) is 0 Å². The Labute approximate surface area is 152 Å². The summed E-state index contributed by atoms with van der Waals surface area (Å²) in [6.07, 6.45) is 0.517. The van der Waals surface area contributed by atoms with Gasteiger partial charge in [0.05, 0.1) is 23.9 Å². The summed E-state index contributed by atoms with van der Waals surface area (Å²) in [5.41, 5.74) is 1.83. The maximum absolute atomic E-state index is 12.3. The van der Waals surface area contributed by atoms with Gasteiger partial charge in [0, 0.05) is 31.4 Å². The average molecular weight is 359 g/mol. The van der Waals surface area contributed by atoms with Crippen LogP contribution < -0.4 is 0 Å². The van der Waals surface area contributed by atoms with Crippen LogP contribution in [0.2, 0.25) is 0 Å². The molecule has 7 nitrogen and oxygen atoms in total. The van der Waals surface area contributed by atoms with Gasteiger partial charge in [0.2, 0.25) is 0 Å². The molecule has 1 aliphatic heterocycles. The largest absolute Gasteiger partial charge is 0.465 e. The summed E-state index contributed by atoms with van der Waals surface area (Å²) in [7, 11) is 3.25. The van der Waals surface area contributed by atoms with E-state index in [1.807, 2.05) is 44.6 Å². The summed E-state index contributed by atoms with van der Waals surface area (Å²) in [5.74, 6) is -0.261. The predicted octanol–water partition coefficient (Wildman–Crippen LogP) is 3.08. The maximum atomic E-state index is 12.3. The first-order valence-corrected chi connectivity index (χ1v) is 8.72. The monoisotopic (exact) mass is 359 g/mol. The lowest BCUT2D eigenvalue weighted by atomic mass is 10.00. The smallest absolute Gasteiger partial charge is 0.410 e. The third-order valence-electron chi connectivity index (χ3n) is 4.53. The Morgan fingerprint density at radius 1 is 1.27 bits per heavy atom. The van der Waals surface area contributed by atoms with E-state index < -0.39 is 5.60 Å². The second-order valence-electron chi connectivity index (χ2n) is 7.64. The predicted molar refractivity (Wildman–Crippen MR) is 97.2 cm³/mol. The lowest BCUT2D eigenvalue weighted by Crippen LogP contribution is -2.35. The minimum atomic E-state index is -0.512. The first kappa shape index (κ1) is 18.2. The van der Waals surface area contributed by atoms with Gasteiger partial charge >= 0.3 is 12.1 Å². The third kappa shape index (κ3) is 3.52. The van der Waals surface area contributed by atoms with Crippen molar-refractivity contribution in [1.82, 2.24) is 14.7 Å². The van der Waals surface area contributed by atoms with E-state index in [-0.39, 0.29) is 18.0 Å². The molecule has 26 heavy (non-hydrogen) atoms. The number of nitrogens with zero attached hydrogens (tertiary/aromatic N) is 3. The van der Waals surface area contributed by atoms with Gasteiger partial charge in [-0.25, -0.2) is 9.59 Å². The van der Waals surface area contributed by atoms with Crippen LogP contribution in [0.5, 0.6) is 0 Å². The van der Waals surface area contributed by atoms with E-state index in [1.165, 1.54) is 7.11 Å². The number of hydrogen-bond donors (Lipinski definition) is 0. The lowest BCUT2D eigenvalue weighted by Gasteiger charge is -2.24. The van der Waals surface area contributed by atoms with E-state index in [1.54, 1.807) is 11.0 Å². The summed E-state index contributed by atoms with van der Waals surface area (Å²) in [5, 5.41) is 5.57. The van der Waals surface area contributed by atoms with Crippen molar-refractivity contribution in [2.75, 3.05) is 20.2 Å². The molecule has 0 radical (unpaired) electrons. The molecule has 7 heteroatoms. The summed E-state index contributed by atoms with van der Waals surface area (Å²) in [6, 6.07) is 5.43. The number of carbonyl (C=O) groups excluding carboxylic acids is 2. The second kappa shape index (κ2) is 6.63. The van der Waals surface area contributed by atoms with Crippen LogP contribution in [0.25, 0.3) is 10.9 Å². The molecular weight excluding hydrogens is 334 g/mol. The molecule has 1 aromatic heterocycles. The van der Waals surface area contributed by atoms with Crippen molar-refractivity contribution in [1.29, 1.82) is 0 Å². The van der Waals surface area contributed by atoms with Crippen molar-refractivity contribution < 1.29 is 19.1 Å². The molecule has 140 valence electrons. The van der Waals surface area contributed by atoms with Crippen molar-refractivity contribution in [2.45, 2.75) is 38.7 Å². The molecule has 1 atom stereocenters. The highest BCUT2D eigenvalue weighted by Gasteiger charge is 2.33. The number of likely N-dealkylation sites (tertiary alicyclic amines) is 1. The van der Waals surface area contributed by atoms with Gasteiger partial charge in [-0.2, -0.15) is 5.10 Å². The van der Waals surface area contributed by atoms with Crippen LogP contribution in [0.15, 0.2) is 18.2 Å². The Kier molecular flexibility index (Phi) is 4.64. The Bertz CT molecular complexity index is 850. The molecule has 0 spiro atoms. The van der Waals surface area contributed by atoms with Crippen molar-refractivity contribution >= 4 is 23.0 Å². The van der Waals surface area contributed by atoms with E-state index >= 15 is 0 Å². The topological polar surface area (TPSA) is 73.7 Å². The van der Waals surface area contributed by atoms with Crippen molar-refractivity contribution in [3.05, 3.63) is 29.5 Å². The van der Waals surface area contributed by atoms with E-state index in [0.717, 1.165) is 23.0 Å². The fraction of sp³-hybridized carbons (Fsp3) is 0.526. The number of methoxy groups -OCH3 is 1.